The number of carbonyl (C=O) groups excluding carboxylic acids is 2. The highest BCUT2D eigenvalue weighted by Crippen LogP contribution is 2.32. The lowest BCUT2D eigenvalue weighted by Crippen LogP contribution is -2.50. The van der Waals surface area contributed by atoms with Crippen LogP contribution in [0.3, 0.4) is 0 Å². The monoisotopic (exact) mass is 482 g/mol. The fourth-order valence-corrected chi connectivity index (χ4v) is 4.24. The van der Waals surface area contributed by atoms with Crippen LogP contribution in [0.15, 0.2) is 54.6 Å². The zero-order valence-electron chi connectivity index (χ0n) is 19.6. The number of fused-ring (bicyclic) bond motifs is 1. The number of hydrogen-bond acceptors (Lipinski definition) is 8. The first-order chi connectivity index (χ1) is 17.5. The molecule has 3 aromatic heterocycles. The van der Waals surface area contributed by atoms with Crippen LogP contribution in [0.4, 0.5) is 0 Å². The number of nitrogens with zero attached hydrogens (tertiary/aromatic N) is 6. The van der Waals surface area contributed by atoms with Crippen LogP contribution in [0, 0.1) is 18.3 Å². The molecule has 0 aliphatic carbocycles. The normalized spacial score (nSPS) is 15.0. The Morgan fingerprint density at radius 2 is 2.00 bits per heavy atom. The van der Waals surface area contributed by atoms with Crippen LogP contribution in [-0.4, -0.2) is 61.6 Å². The Bertz CT molecular complexity index is 1530. The second-order valence-corrected chi connectivity index (χ2v) is 8.17. The minimum Gasteiger partial charge on any atom is -0.494 e. The van der Waals surface area contributed by atoms with Crippen LogP contribution < -0.4 is 10.2 Å². The largest absolute Gasteiger partial charge is 0.494 e. The fraction of sp³-hybridized carbons (Fsp3) is 0.200. The molecule has 1 saturated heterocycles. The van der Waals surface area contributed by atoms with Gasteiger partial charge in [-0.2, -0.15) is 10.4 Å². The zero-order valence-corrected chi connectivity index (χ0v) is 19.6. The molecule has 0 atom stereocenters. The van der Waals surface area contributed by atoms with Gasteiger partial charge >= 0.3 is 5.91 Å². The fourth-order valence-electron chi connectivity index (χ4n) is 4.24. The van der Waals surface area contributed by atoms with Gasteiger partial charge in [-0.3, -0.25) is 14.6 Å². The Morgan fingerprint density at radius 1 is 1.19 bits per heavy atom. The van der Waals surface area contributed by atoms with Crippen molar-refractivity contribution in [3.8, 4) is 17.6 Å². The Kier molecular flexibility index (Phi) is 6.02. The summed E-state index contributed by atoms with van der Waals surface area (Å²) in [7, 11) is 1.47. The van der Waals surface area contributed by atoms with Crippen molar-refractivity contribution in [2.45, 2.75) is 13.3 Å². The van der Waals surface area contributed by atoms with Crippen molar-refractivity contribution in [1.82, 2.24) is 35.2 Å². The molecular weight excluding hydrogens is 460 g/mol. The lowest BCUT2D eigenvalue weighted by atomic mass is 9.97. The maximum Gasteiger partial charge on any atom is 0.309 e. The van der Waals surface area contributed by atoms with Crippen molar-refractivity contribution in [3.05, 3.63) is 71.6 Å². The first-order valence-electron chi connectivity index (χ1n) is 11.2. The summed E-state index contributed by atoms with van der Waals surface area (Å²) >= 11 is 0. The summed E-state index contributed by atoms with van der Waals surface area (Å²) in [6, 6.07) is 11.7. The lowest BCUT2D eigenvalue weighted by Gasteiger charge is -2.29. The third-order valence-corrected chi connectivity index (χ3v) is 6.03. The number of ether oxygens (including phenoxy) is 1. The highest BCUT2D eigenvalue weighted by molar-refractivity contribution is 6.45. The molecule has 0 spiro atoms. The number of hydrogen-bond donors (Lipinski definition) is 2. The number of aromatic amines is 1. The molecule has 0 unspecified atom stereocenters. The lowest BCUT2D eigenvalue weighted by molar-refractivity contribution is -0.129. The molecule has 5 rings (SSSR count). The van der Waals surface area contributed by atoms with E-state index in [4.69, 9.17) is 4.74 Å². The van der Waals surface area contributed by atoms with E-state index in [2.05, 4.69) is 31.5 Å². The number of hydrazine groups is 1. The highest BCUT2D eigenvalue weighted by atomic mass is 16.5. The minimum atomic E-state index is -0.704. The summed E-state index contributed by atoms with van der Waals surface area (Å²) in [5.41, 5.74) is 5.93. The number of nitriles is 1. The molecular formula is C25H22N8O3. The number of aromatic nitrogens is 5. The molecule has 0 radical (unpaired) electrons. The van der Waals surface area contributed by atoms with E-state index in [1.165, 1.54) is 35.5 Å². The second kappa shape index (κ2) is 9.44. The first kappa shape index (κ1) is 22.9. The first-order valence-corrected chi connectivity index (χ1v) is 11.2. The van der Waals surface area contributed by atoms with E-state index >= 15 is 0 Å². The van der Waals surface area contributed by atoms with Gasteiger partial charge < -0.3 is 9.72 Å². The molecule has 1 amide bonds. The number of rotatable bonds is 5. The number of aryl methyl sites for hydroxylation is 1. The number of H-pyrrole nitrogens is 1. The maximum atomic E-state index is 13.3. The molecule has 2 N–H and O–H groups in total. The van der Waals surface area contributed by atoms with Gasteiger partial charge in [-0.25, -0.2) is 20.1 Å². The molecule has 0 saturated carbocycles. The molecule has 4 heterocycles. The van der Waals surface area contributed by atoms with Gasteiger partial charge in [-0.1, -0.05) is 30.3 Å². The summed E-state index contributed by atoms with van der Waals surface area (Å²) in [6.07, 6.45) is 4.94. The quantitative estimate of drug-likeness (QED) is 0.251. The molecule has 4 aromatic rings. The van der Waals surface area contributed by atoms with Crippen molar-refractivity contribution in [1.29, 1.82) is 5.26 Å². The summed E-state index contributed by atoms with van der Waals surface area (Å²) in [5.74, 6) is -0.0644. The van der Waals surface area contributed by atoms with Gasteiger partial charge in [-0.15, -0.1) is 0 Å². The number of nitrogens with one attached hydrogen (secondary N) is 2. The topological polar surface area (TPSA) is 142 Å². The Hall–Kier alpha value is -4.82. The summed E-state index contributed by atoms with van der Waals surface area (Å²) in [6.45, 7) is 2.29. The highest BCUT2D eigenvalue weighted by Gasteiger charge is 2.30. The van der Waals surface area contributed by atoms with Crippen molar-refractivity contribution in [2.24, 2.45) is 0 Å². The van der Waals surface area contributed by atoms with Gasteiger partial charge in [0.2, 0.25) is 0 Å². The maximum absolute atomic E-state index is 13.3. The van der Waals surface area contributed by atoms with Crippen molar-refractivity contribution < 1.29 is 14.3 Å². The number of ketones is 1. The van der Waals surface area contributed by atoms with Gasteiger partial charge in [0.05, 0.1) is 41.4 Å². The molecule has 11 heteroatoms. The van der Waals surface area contributed by atoms with Crippen molar-refractivity contribution in [3.63, 3.8) is 0 Å². The van der Waals surface area contributed by atoms with Gasteiger partial charge in [0, 0.05) is 19.3 Å². The third-order valence-electron chi connectivity index (χ3n) is 6.03. The van der Waals surface area contributed by atoms with Crippen LogP contribution >= 0.6 is 0 Å². The predicted octanol–water partition coefficient (Wildman–Crippen LogP) is 2.36. The number of amides is 1. The smallest absolute Gasteiger partial charge is 0.309 e. The molecule has 0 bridgehead atoms. The zero-order chi connectivity index (χ0) is 25.2. The van der Waals surface area contributed by atoms with Gasteiger partial charge in [0.1, 0.15) is 17.9 Å². The van der Waals surface area contributed by atoms with Crippen molar-refractivity contribution in [2.75, 3.05) is 20.2 Å². The van der Waals surface area contributed by atoms with Crippen LogP contribution in [0.2, 0.25) is 0 Å². The molecule has 1 aromatic carbocycles. The van der Waals surface area contributed by atoms with Crippen LogP contribution in [0.5, 0.6) is 5.75 Å². The van der Waals surface area contributed by atoms with Gasteiger partial charge in [0.25, 0.3) is 5.78 Å². The van der Waals surface area contributed by atoms with E-state index in [1.54, 1.807) is 6.92 Å². The summed E-state index contributed by atoms with van der Waals surface area (Å²) in [4.78, 5) is 38.0. The average Bonchev–Trinajstić information content (AvgIpc) is 3.56. The molecule has 36 heavy (non-hydrogen) atoms. The summed E-state index contributed by atoms with van der Waals surface area (Å²) < 4.78 is 6.92. The Morgan fingerprint density at radius 3 is 2.64 bits per heavy atom. The van der Waals surface area contributed by atoms with Crippen LogP contribution in [0.25, 0.3) is 22.3 Å². The van der Waals surface area contributed by atoms with E-state index in [0.717, 1.165) is 11.1 Å². The predicted molar refractivity (Wildman–Crippen MR) is 130 cm³/mol. The number of methoxy groups -OCH3 is 1. The number of carbonyl (C=O) groups is 2. The summed E-state index contributed by atoms with van der Waals surface area (Å²) in [5, 5.41) is 15.7. The Balaban J connectivity index is 1.41. The molecule has 180 valence electrons. The third kappa shape index (κ3) is 3.99. The standard InChI is InChI=1S/C25H22N8O3/c1-15-29-14-33(31-15)24-22-21(20(36-2)13-28-24)19(12-27-22)23(34)25(35)32-9-8-17(11-30-32)18(10-26)16-6-4-3-5-7-16/h3-7,12-14,27,30H,8-9,11H2,1-2H3. The van der Waals surface area contributed by atoms with Gasteiger partial charge in [0.15, 0.2) is 5.82 Å². The average molecular weight is 483 g/mol. The minimum absolute atomic E-state index is 0.164. The van der Waals surface area contributed by atoms with E-state index in [0.29, 0.717) is 40.3 Å². The van der Waals surface area contributed by atoms with Crippen LogP contribution in [0.1, 0.15) is 28.2 Å². The molecule has 1 fully saturated rings. The number of benzene rings is 1. The van der Waals surface area contributed by atoms with Gasteiger partial charge in [-0.05, 0) is 24.5 Å². The van der Waals surface area contributed by atoms with Crippen LogP contribution in [-0.2, 0) is 4.79 Å². The number of allylic oxidation sites excluding steroid dienone is 1. The van der Waals surface area contributed by atoms with E-state index in [1.807, 2.05) is 30.3 Å². The van der Waals surface area contributed by atoms with E-state index in [-0.39, 0.29) is 18.7 Å². The van der Waals surface area contributed by atoms with E-state index in [9.17, 15) is 14.9 Å². The van der Waals surface area contributed by atoms with Crippen molar-refractivity contribution >= 4 is 28.2 Å². The van der Waals surface area contributed by atoms with E-state index < -0.39 is 11.7 Å². The second-order valence-electron chi connectivity index (χ2n) is 8.17. The SMILES string of the molecule is COc1cnc(-n2cnc(C)n2)c2[nH]cc(C(=O)C(=O)N3CCC(=C(C#N)c4ccccc4)CN3)c12. The molecule has 1 aliphatic rings. The molecule has 1 aliphatic heterocycles. The number of Topliss-reactive ketones (excluding diaryl/α,β-unsaturated/α-hetero) is 1. The Labute approximate surface area is 206 Å². The number of pyridine rings is 1. The molecule has 11 nitrogen and oxygen atoms in total.